The molecule has 12 atom stereocenters. The quantitative estimate of drug-likeness (QED) is 0.388. The number of carboxylic acid groups (broad SMARTS) is 1. The Labute approximate surface area is 220 Å². The van der Waals surface area contributed by atoms with Crippen molar-refractivity contribution in [3.05, 3.63) is 0 Å². The number of ether oxygens (including phenoxy) is 1. The van der Waals surface area contributed by atoms with Crippen molar-refractivity contribution < 1.29 is 34.8 Å². The fraction of sp³-hybridized carbons (Fsp3) is 0.933. The molecule has 1 heterocycles. The summed E-state index contributed by atoms with van der Waals surface area (Å²) in [6.07, 6.45) is 3.56. The van der Waals surface area contributed by atoms with Crippen LogP contribution in [0.15, 0.2) is 0 Å². The molecule has 0 bridgehead atoms. The van der Waals surface area contributed by atoms with Crippen LogP contribution in [0.4, 0.5) is 0 Å². The van der Waals surface area contributed by atoms with Gasteiger partial charge in [-0.25, -0.2) is 0 Å². The molecular formula is C30H46O7. The molecule has 6 rings (SSSR count). The number of rotatable bonds is 1. The van der Waals surface area contributed by atoms with E-state index in [1.165, 1.54) is 0 Å². The standard InChI is InChI=1S/C30H46O7/c1-24(2)11-12-29-19(14-24)30(36)10-8-17-25(3)13-16(31)21(32)28(6,22(33)34)18(25)7-9-26(17,4)27(30,5)15-20(29)37-23(29)35/h16-21,31-32,36H,7-15H2,1-6H3,(H,33,34). The fourth-order valence-corrected chi connectivity index (χ4v) is 11.8. The maximum absolute atomic E-state index is 13.1. The number of hydrogen-bond acceptors (Lipinski definition) is 6. The smallest absolute Gasteiger partial charge is 0.316 e. The number of fused-ring (bicyclic) bond motifs is 6. The summed E-state index contributed by atoms with van der Waals surface area (Å²) in [6, 6.07) is 0. The lowest BCUT2D eigenvalue weighted by Crippen LogP contribution is -2.80. The first kappa shape index (κ1) is 26.1. The third kappa shape index (κ3) is 2.66. The minimum Gasteiger partial charge on any atom is -0.481 e. The largest absolute Gasteiger partial charge is 0.481 e. The van der Waals surface area contributed by atoms with Gasteiger partial charge in [0.05, 0.1) is 23.2 Å². The highest BCUT2D eigenvalue weighted by Gasteiger charge is 2.81. The van der Waals surface area contributed by atoms with Crippen molar-refractivity contribution in [3.8, 4) is 0 Å². The van der Waals surface area contributed by atoms with E-state index in [0.29, 0.717) is 25.7 Å². The maximum Gasteiger partial charge on any atom is 0.316 e. The summed E-state index contributed by atoms with van der Waals surface area (Å²) in [4.78, 5) is 25.7. The van der Waals surface area contributed by atoms with Gasteiger partial charge >= 0.3 is 11.9 Å². The van der Waals surface area contributed by atoms with Gasteiger partial charge in [-0.15, -0.1) is 0 Å². The van der Waals surface area contributed by atoms with Gasteiger partial charge in [-0.05, 0) is 92.8 Å². The second-order valence-electron chi connectivity index (χ2n) is 15.7. The van der Waals surface area contributed by atoms with Gasteiger partial charge in [-0.1, -0.05) is 34.6 Å². The third-order valence-corrected chi connectivity index (χ3v) is 14.1. The lowest BCUT2D eigenvalue weighted by atomic mass is 9.29. The predicted octanol–water partition coefficient (Wildman–Crippen LogP) is 3.91. The van der Waals surface area contributed by atoms with Gasteiger partial charge in [0.15, 0.2) is 0 Å². The SMILES string of the molecule is CC1(C)CCC23C(=O)OC2CC2(C)C4(C)CCC5C(C)(CC(O)C(O)C5(C)C(=O)O)C4CCC2(O)C3C1. The molecule has 0 radical (unpaired) electrons. The molecule has 1 spiro atoms. The lowest BCUT2D eigenvalue weighted by molar-refractivity contribution is -0.354. The molecule has 1 aliphatic heterocycles. The number of hydrogen-bond donors (Lipinski definition) is 4. The number of aliphatic hydroxyl groups excluding tert-OH is 2. The molecule has 0 amide bonds. The normalized spacial score (nSPS) is 59.9. The third-order valence-electron chi connectivity index (χ3n) is 14.1. The van der Waals surface area contributed by atoms with Crippen molar-refractivity contribution in [2.45, 2.75) is 123 Å². The maximum atomic E-state index is 13.1. The highest BCUT2D eigenvalue weighted by atomic mass is 16.6. The van der Waals surface area contributed by atoms with Crippen LogP contribution in [0.2, 0.25) is 0 Å². The lowest BCUT2D eigenvalue weighted by Gasteiger charge is -2.77. The van der Waals surface area contributed by atoms with Crippen molar-refractivity contribution >= 4 is 11.9 Å². The zero-order valence-corrected chi connectivity index (χ0v) is 23.3. The van der Waals surface area contributed by atoms with Crippen LogP contribution in [-0.4, -0.2) is 56.3 Å². The molecule has 208 valence electrons. The predicted molar refractivity (Wildman–Crippen MR) is 135 cm³/mol. The molecule has 0 aromatic carbocycles. The van der Waals surface area contributed by atoms with Crippen LogP contribution in [0.25, 0.3) is 0 Å². The van der Waals surface area contributed by atoms with E-state index in [9.17, 15) is 30.0 Å². The van der Waals surface area contributed by atoms with Crippen LogP contribution in [-0.2, 0) is 14.3 Å². The minimum atomic E-state index is -1.43. The van der Waals surface area contributed by atoms with E-state index in [2.05, 4.69) is 34.6 Å². The van der Waals surface area contributed by atoms with E-state index in [1.54, 1.807) is 6.92 Å². The number of carbonyl (C=O) groups is 2. The number of aliphatic carboxylic acids is 1. The Morgan fingerprint density at radius 1 is 0.865 bits per heavy atom. The molecule has 5 aliphatic carbocycles. The van der Waals surface area contributed by atoms with Crippen molar-refractivity contribution in [2.24, 2.45) is 50.2 Å². The Morgan fingerprint density at radius 3 is 2.14 bits per heavy atom. The molecule has 5 saturated carbocycles. The van der Waals surface area contributed by atoms with Crippen molar-refractivity contribution in [1.82, 2.24) is 0 Å². The average molecular weight is 519 g/mol. The molecule has 37 heavy (non-hydrogen) atoms. The van der Waals surface area contributed by atoms with Gasteiger partial charge in [0.2, 0.25) is 0 Å². The van der Waals surface area contributed by atoms with Gasteiger partial charge in [0.1, 0.15) is 11.5 Å². The van der Waals surface area contributed by atoms with E-state index in [-0.39, 0.29) is 40.7 Å². The first-order valence-corrected chi connectivity index (χ1v) is 14.5. The first-order chi connectivity index (χ1) is 16.9. The van der Waals surface area contributed by atoms with Crippen LogP contribution >= 0.6 is 0 Å². The van der Waals surface area contributed by atoms with Gasteiger partial charge < -0.3 is 25.2 Å². The molecule has 7 nitrogen and oxygen atoms in total. The molecule has 0 aromatic heterocycles. The van der Waals surface area contributed by atoms with Crippen LogP contribution in [0.5, 0.6) is 0 Å². The zero-order chi connectivity index (χ0) is 27.2. The van der Waals surface area contributed by atoms with Gasteiger partial charge in [-0.2, -0.15) is 0 Å². The first-order valence-electron chi connectivity index (χ1n) is 14.5. The molecular weight excluding hydrogens is 472 g/mol. The molecule has 6 aliphatic rings. The zero-order valence-electron chi connectivity index (χ0n) is 23.3. The van der Waals surface area contributed by atoms with E-state index in [0.717, 1.165) is 32.1 Å². The Bertz CT molecular complexity index is 1060. The van der Waals surface area contributed by atoms with Crippen molar-refractivity contribution in [2.75, 3.05) is 0 Å². The summed E-state index contributed by atoms with van der Waals surface area (Å²) < 4.78 is 5.88. The summed E-state index contributed by atoms with van der Waals surface area (Å²) in [5, 5.41) is 45.1. The summed E-state index contributed by atoms with van der Waals surface area (Å²) in [5.74, 6) is -1.53. The number of aliphatic hydroxyl groups is 3. The summed E-state index contributed by atoms with van der Waals surface area (Å²) in [6.45, 7) is 12.7. The average Bonchev–Trinajstić information content (AvgIpc) is 2.79. The second kappa shape index (κ2) is 7.11. The molecule has 4 N–H and O–H groups in total. The summed E-state index contributed by atoms with van der Waals surface area (Å²) in [5.41, 5.74) is -4.34. The summed E-state index contributed by atoms with van der Waals surface area (Å²) in [7, 11) is 0. The number of carbonyl (C=O) groups excluding carboxylic acids is 1. The molecule has 12 unspecified atom stereocenters. The van der Waals surface area contributed by atoms with Crippen LogP contribution in [0, 0.1) is 50.2 Å². The topological polar surface area (TPSA) is 124 Å². The Balaban J connectivity index is 1.46. The van der Waals surface area contributed by atoms with E-state index < -0.39 is 45.4 Å². The van der Waals surface area contributed by atoms with E-state index >= 15 is 0 Å². The van der Waals surface area contributed by atoms with Crippen LogP contribution in [0.1, 0.15) is 99.3 Å². The minimum absolute atomic E-state index is 0.0403. The van der Waals surface area contributed by atoms with Gasteiger partial charge in [0.25, 0.3) is 0 Å². The Kier molecular flexibility index (Phi) is 5.01. The molecule has 6 fully saturated rings. The second-order valence-corrected chi connectivity index (χ2v) is 15.7. The van der Waals surface area contributed by atoms with Gasteiger partial charge in [0, 0.05) is 11.3 Å². The van der Waals surface area contributed by atoms with E-state index in [4.69, 9.17) is 4.74 Å². The van der Waals surface area contributed by atoms with Gasteiger partial charge in [-0.3, -0.25) is 9.59 Å². The monoisotopic (exact) mass is 518 g/mol. The van der Waals surface area contributed by atoms with Crippen molar-refractivity contribution in [1.29, 1.82) is 0 Å². The highest BCUT2D eigenvalue weighted by Crippen LogP contribution is 2.79. The Hall–Kier alpha value is -1.18. The molecule has 1 saturated heterocycles. The number of esters is 1. The summed E-state index contributed by atoms with van der Waals surface area (Å²) >= 11 is 0. The van der Waals surface area contributed by atoms with Crippen molar-refractivity contribution in [3.63, 3.8) is 0 Å². The highest BCUT2D eigenvalue weighted by molar-refractivity contribution is 5.84. The molecule has 7 heteroatoms. The van der Waals surface area contributed by atoms with Crippen LogP contribution in [0.3, 0.4) is 0 Å². The number of carboxylic acids is 1. The van der Waals surface area contributed by atoms with Crippen LogP contribution < -0.4 is 0 Å². The Morgan fingerprint density at radius 2 is 1.51 bits per heavy atom. The fourth-order valence-electron chi connectivity index (χ4n) is 11.8. The molecule has 0 aromatic rings. The van der Waals surface area contributed by atoms with E-state index in [1.807, 2.05) is 0 Å².